The largest absolute Gasteiger partial charge is 0.468 e. The van der Waals surface area contributed by atoms with Crippen LogP contribution in [0.1, 0.15) is 0 Å². The average molecular weight is 339 g/mol. The van der Waals surface area contributed by atoms with Crippen molar-refractivity contribution in [1.82, 2.24) is 14.2 Å². The fourth-order valence-electron chi connectivity index (χ4n) is 1.94. The summed E-state index contributed by atoms with van der Waals surface area (Å²) >= 11 is 0. The van der Waals surface area contributed by atoms with Crippen molar-refractivity contribution in [2.45, 2.75) is 11.1 Å². The quantitative estimate of drug-likeness (QED) is 0.818. The van der Waals surface area contributed by atoms with Crippen LogP contribution in [0.3, 0.4) is 0 Å². The highest BCUT2D eigenvalue weighted by Gasteiger charge is 2.30. The van der Waals surface area contributed by atoms with Crippen LogP contribution in [0.15, 0.2) is 23.2 Å². The van der Waals surface area contributed by atoms with Crippen LogP contribution in [0.2, 0.25) is 0 Å². The maximum atomic E-state index is 12.4. The van der Waals surface area contributed by atoms with Gasteiger partial charge in [-0.2, -0.15) is 17.5 Å². The first-order chi connectivity index (χ1) is 10.2. The monoisotopic (exact) mass is 339 g/mol. The van der Waals surface area contributed by atoms with Gasteiger partial charge in [-0.05, 0) is 13.1 Å². The Kier molecular flexibility index (Phi) is 4.93. The molecule has 0 spiro atoms. The molecule has 1 saturated heterocycles. The van der Waals surface area contributed by atoms with Crippen molar-refractivity contribution >= 4 is 10.0 Å². The van der Waals surface area contributed by atoms with E-state index in [9.17, 15) is 21.6 Å². The molecule has 0 unspecified atom stereocenters. The molecule has 0 aliphatic carbocycles. The Morgan fingerprint density at radius 3 is 2.36 bits per heavy atom. The van der Waals surface area contributed by atoms with Crippen LogP contribution in [0.5, 0.6) is 5.88 Å². The van der Waals surface area contributed by atoms with Gasteiger partial charge in [-0.25, -0.2) is 13.4 Å². The zero-order valence-corrected chi connectivity index (χ0v) is 12.7. The van der Waals surface area contributed by atoms with Crippen LogP contribution in [0.4, 0.5) is 13.2 Å². The zero-order valence-electron chi connectivity index (χ0n) is 11.9. The summed E-state index contributed by atoms with van der Waals surface area (Å²) in [6.45, 7) is 0.514. The molecule has 0 aromatic carbocycles. The standard InChI is InChI=1S/C12H16F3N3O3S/c1-17-4-6-18(7-5-17)22(19,20)10-2-3-11(16-8-10)21-9-12(13,14)15/h2-3,8H,4-7,9H2,1H3. The molecular weight excluding hydrogens is 323 g/mol. The van der Waals surface area contributed by atoms with E-state index in [1.807, 2.05) is 11.9 Å². The Morgan fingerprint density at radius 1 is 1.23 bits per heavy atom. The number of ether oxygens (including phenoxy) is 1. The Balaban J connectivity index is 2.06. The third-order valence-electron chi connectivity index (χ3n) is 3.19. The van der Waals surface area contributed by atoms with Gasteiger partial charge in [0.25, 0.3) is 0 Å². The second-order valence-electron chi connectivity index (χ2n) is 4.94. The molecule has 0 N–H and O–H groups in total. The molecule has 1 aromatic heterocycles. The lowest BCUT2D eigenvalue weighted by molar-refractivity contribution is -0.154. The number of pyridine rings is 1. The van der Waals surface area contributed by atoms with Crippen molar-refractivity contribution in [3.8, 4) is 5.88 Å². The number of alkyl halides is 3. The number of aromatic nitrogens is 1. The Bertz CT molecular complexity index is 596. The number of sulfonamides is 1. The predicted octanol–water partition coefficient (Wildman–Crippen LogP) is 0.959. The number of piperazine rings is 1. The third-order valence-corrected chi connectivity index (χ3v) is 5.08. The molecule has 124 valence electrons. The minimum Gasteiger partial charge on any atom is -0.468 e. The lowest BCUT2D eigenvalue weighted by Crippen LogP contribution is -2.47. The summed E-state index contributed by atoms with van der Waals surface area (Å²) in [4.78, 5) is 5.57. The first kappa shape index (κ1) is 17.0. The van der Waals surface area contributed by atoms with E-state index in [0.717, 1.165) is 12.3 Å². The lowest BCUT2D eigenvalue weighted by atomic mass is 10.4. The van der Waals surface area contributed by atoms with Crippen LogP contribution in [-0.2, 0) is 10.0 Å². The van der Waals surface area contributed by atoms with Crippen molar-refractivity contribution in [2.75, 3.05) is 39.8 Å². The summed E-state index contributed by atoms with van der Waals surface area (Å²) in [6, 6.07) is 2.32. The van der Waals surface area contributed by atoms with Gasteiger partial charge in [0.05, 0.1) is 6.20 Å². The third kappa shape index (κ3) is 4.31. The fraction of sp³-hybridized carbons (Fsp3) is 0.583. The van der Waals surface area contributed by atoms with Crippen molar-refractivity contribution in [3.05, 3.63) is 18.3 Å². The van der Waals surface area contributed by atoms with Gasteiger partial charge in [-0.15, -0.1) is 0 Å². The molecule has 0 atom stereocenters. The molecular formula is C12H16F3N3O3S. The van der Waals surface area contributed by atoms with Gasteiger partial charge in [0.15, 0.2) is 6.61 Å². The molecule has 1 aromatic rings. The van der Waals surface area contributed by atoms with Crippen LogP contribution < -0.4 is 4.74 Å². The lowest BCUT2D eigenvalue weighted by Gasteiger charge is -2.31. The van der Waals surface area contributed by atoms with Crippen molar-refractivity contribution in [3.63, 3.8) is 0 Å². The van der Waals surface area contributed by atoms with Gasteiger partial charge < -0.3 is 9.64 Å². The SMILES string of the molecule is CN1CCN(S(=O)(=O)c2ccc(OCC(F)(F)F)nc2)CC1. The van der Waals surface area contributed by atoms with E-state index in [0.29, 0.717) is 26.2 Å². The van der Waals surface area contributed by atoms with Gasteiger partial charge in [0, 0.05) is 32.2 Å². The Morgan fingerprint density at radius 2 is 1.86 bits per heavy atom. The normalized spacial score (nSPS) is 18.4. The number of hydrogen-bond acceptors (Lipinski definition) is 5. The van der Waals surface area contributed by atoms with Gasteiger partial charge >= 0.3 is 6.18 Å². The van der Waals surface area contributed by atoms with E-state index in [-0.39, 0.29) is 10.8 Å². The molecule has 1 aliphatic heterocycles. The second-order valence-corrected chi connectivity index (χ2v) is 6.88. The molecule has 22 heavy (non-hydrogen) atoms. The van der Waals surface area contributed by atoms with Gasteiger partial charge in [0.2, 0.25) is 15.9 Å². The van der Waals surface area contributed by atoms with Crippen molar-refractivity contribution in [1.29, 1.82) is 0 Å². The van der Waals surface area contributed by atoms with Crippen LogP contribution in [0, 0.1) is 0 Å². The van der Waals surface area contributed by atoms with E-state index in [2.05, 4.69) is 9.72 Å². The molecule has 6 nitrogen and oxygen atoms in total. The Hall–Kier alpha value is -1.39. The number of likely N-dealkylation sites (N-methyl/N-ethyl adjacent to an activating group) is 1. The highest BCUT2D eigenvalue weighted by Crippen LogP contribution is 2.20. The molecule has 2 heterocycles. The number of nitrogens with zero attached hydrogens (tertiary/aromatic N) is 3. The second kappa shape index (κ2) is 6.39. The maximum Gasteiger partial charge on any atom is 0.422 e. The summed E-state index contributed by atoms with van der Waals surface area (Å²) < 4.78 is 66.6. The minimum atomic E-state index is -4.47. The van der Waals surface area contributed by atoms with Gasteiger partial charge in [-0.1, -0.05) is 0 Å². The van der Waals surface area contributed by atoms with Gasteiger partial charge in [-0.3, -0.25) is 0 Å². The topological polar surface area (TPSA) is 62.7 Å². The summed E-state index contributed by atoms with van der Waals surface area (Å²) in [5, 5.41) is 0. The fourth-order valence-corrected chi connectivity index (χ4v) is 3.31. The van der Waals surface area contributed by atoms with E-state index < -0.39 is 22.8 Å². The van der Waals surface area contributed by atoms with Gasteiger partial charge in [0.1, 0.15) is 4.90 Å². The maximum absolute atomic E-state index is 12.4. The van der Waals surface area contributed by atoms with Crippen molar-refractivity contribution < 1.29 is 26.3 Å². The van der Waals surface area contributed by atoms with Crippen LogP contribution >= 0.6 is 0 Å². The first-order valence-electron chi connectivity index (χ1n) is 6.53. The molecule has 0 saturated carbocycles. The first-order valence-corrected chi connectivity index (χ1v) is 7.97. The molecule has 0 radical (unpaired) electrons. The van der Waals surface area contributed by atoms with E-state index >= 15 is 0 Å². The predicted molar refractivity (Wildman–Crippen MR) is 72.0 cm³/mol. The summed E-state index contributed by atoms with van der Waals surface area (Å²) in [5.74, 6) is -0.269. The number of halogens is 3. The molecule has 1 aliphatic rings. The number of rotatable bonds is 4. The molecule has 0 bridgehead atoms. The van der Waals surface area contributed by atoms with E-state index in [1.165, 1.54) is 10.4 Å². The highest BCUT2D eigenvalue weighted by molar-refractivity contribution is 7.89. The highest BCUT2D eigenvalue weighted by atomic mass is 32.2. The van der Waals surface area contributed by atoms with Crippen molar-refractivity contribution in [2.24, 2.45) is 0 Å². The summed E-state index contributed by atoms with van der Waals surface area (Å²) in [6.07, 6.45) is -3.45. The van der Waals surface area contributed by atoms with E-state index in [4.69, 9.17) is 0 Å². The molecule has 0 amide bonds. The molecule has 1 fully saturated rings. The molecule has 2 rings (SSSR count). The smallest absolute Gasteiger partial charge is 0.422 e. The summed E-state index contributed by atoms with van der Waals surface area (Å²) in [7, 11) is -1.78. The zero-order chi connectivity index (χ0) is 16.4. The average Bonchev–Trinajstić information content (AvgIpc) is 2.45. The van der Waals surface area contributed by atoms with Crippen LogP contribution in [-0.4, -0.2) is 68.6 Å². The Labute approximate surface area is 126 Å². The minimum absolute atomic E-state index is 0.0589. The summed E-state index contributed by atoms with van der Waals surface area (Å²) in [5.41, 5.74) is 0. The number of hydrogen-bond donors (Lipinski definition) is 0. The molecule has 10 heteroatoms. The van der Waals surface area contributed by atoms with Crippen LogP contribution in [0.25, 0.3) is 0 Å². The van der Waals surface area contributed by atoms with E-state index in [1.54, 1.807) is 0 Å².